The van der Waals surface area contributed by atoms with Crippen LogP contribution in [0.25, 0.3) is 0 Å². The van der Waals surface area contributed by atoms with Gasteiger partial charge in [-0.25, -0.2) is 10.4 Å². The number of nitrogens with zero attached hydrogens (tertiary/aromatic N) is 3. The quantitative estimate of drug-likeness (QED) is 0.541. The third-order valence-corrected chi connectivity index (χ3v) is 4.62. The number of aromatic nitrogens is 3. The first-order chi connectivity index (χ1) is 13.5. The number of anilines is 5. The van der Waals surface area contributed by atoms with Crippen LogP contribution in [-0.4, -0.2) is 14.5 Å². The van der Waals surface area contributed by atoms with E-state index >= 15 is 0 Å². The average Bonchev–Trinajstić information content (AvgIpc) is 3.13. The van der Waals surface area contributed by atoms with Crippen LogP contribution in [0.15, 0.2) is 47.5 Å². The summed E-state index contributed by atoms with van der Waals surface area (Å²) >= 11 is 0. The molecule has 1 aliphatic heterocycles. The van der Waals surface area contributed by atoms with Crippen molar-refractivity contribution < 1.29 is 0 Å². The lowest BCUT2D eigenvalue weighted by Crippen LogP contribution is -2.23. The van der Waals surface area contributed by atoms with Gasteiger partial charge in [0.1, 0.15) is 11.5 Å². The van der Waals surface area contributed by atoms with E-state index in [1.165, 1.54) is 5.56 Å². The summed E-state index contributed by atoms with van der Waals surface area (Å²) in [7, 11) is 0. The van der Waals surface area contributed by atoms with Crippen LogP contribution in [0.1, 0.15) is 31.0 Å². The Balaban J connectivity index is 1.60. The van der Waals surface area contributed by atoms with E-state index in [1.807, 2.05) is 39.0 Å². The Morgan fingerprint density at radius 2 is 2.07 bits per heavy atom. The first-order valence-electron chi connectivity index (χ1n) is 9.22. The molecular formula is C20H23N7O. The number of hydrogen-bond donors (Lipinski definition) is 4. The number of rotatable bonds is 5. The van der Waals surface area contributed by atoms with Gasteiger partial charge < -0.3 is 20.6 Å². The predicted molar refractivity (Wildman–Crippen MR) is 111 cm³/mol. The Bertz CT molecular complexity index is 1070. The van der Waals surface area contributed by atoms with Gasteiger partial charge in [-0.2, -0.15) is 4.98 Å². The van der Waals surface area contributed by atoms with Crippen LogP contribution in [0.4, 0.5) is 28.8 Å². The SMILES string of the molecule is Cc1cnc(Nc2ccc3c(c2)CNN3)nc1Nc1cccn(C(C)C)c1=O. The molecule has 8 nitrogen and oxygen atoms in total. The van der Waals surface area contributed by atoms with Crippen LogP contribution < -0.4 is 27.0 Å². The summed E-state index contributed by atoms with van der Waals surface area (Å²) in [5.41, 5.74) is 10.6. The Hall–Kier alpha value is -3.39. The van der Waals surface area contributed by atoms with E-state index in [2.05, 4.69) is 37.5 Å². The highest BCUT2D eigenvalue weighted by Crippen LogP contribution is 2.25. The fourth-order valence-corrected chi connectivity index (χ4v) is 3.07. The van der Waals surface area contributed by atoms with E-state index in [1.54, 1.807) is 23.0 Å². The van der Waals surface area contributed by atoms with Crippen molar-refractivity contribution in [1.82, 2.24) is 20.0 Å². The van der Waals surface area contributed by atoms with Crippen molar-refractivity contribution in [1.29, 1.82) is 0 Å². The number of hydrogen-bond acceptors (Lipinski definition) is 7. The fourth-order valence-electron chi connectivity index (χ4n) is 3.07. The van der Waals surface area contributed by atoms with Gasteiger partial charge in [0.2, 0.25) is 5.95 Å². The molecule has 1 aliphatic rings. The number of pyridine rings is 1. The molecule has 0 amide bonds. The van der Waals surface area contributed by atoms with Gasteiger partial charge in [0.05, 0.1) is 5.69 Å². The Kier molecular flexibility index (Phi) is 4.70. The highest BCUT2D eigenvalue weighted by Gasteiger charge is 2.12. The molecule has 2 aromatic heterocycles. The fraction of sp³-hybridized carbons (Fsp3) is 0.250. The van der Waals surface area contributed by atoms with Crippen LogP contribution in [0, 0.1) is 6.92 Å². The summed E-state index contributed by atoms with van der Waals surface area (Å²) in [4.78, 5) is 21.6. The minimum atomic E-state index is -0.0800. The summed E-state index contributed by atoms with van der Waals surface area (Å²) in [5, 5.41) is 6.39. The molecule has 0 spiro atoms. The van der Waals surface area contributed by atoms with Crippen molar-refractivity contribution in [2.24, 2.45) is 0 Å². The van der Waals surface area contributed by atoms with Gasteiger partial charge in [0.15, 0.2) is 0 Å². The van der Waals surface area contributed by atoms with Crippen LogP contribution in [0.2, 0.25) is 0 Å². The molecule has 0 unspecified atom stereocenters. The van der Waals surface area contributed by atoms with Gasteiger partial charge in [0, 0.05) is 36.2 Å². The zero-order valence-corrected chi connectivity index (χ0v) is 16.1. The minimum absolute atomic E-state index is 0.0800. The van der Waals surface area contributed by atoms with Gasteiger partial charge in [-0.3, -0.25) is 4.79 Å². The molecule has 0 saturated carbocycles. The zero-order chi connectivity index (χ0) is 19.7. The third kappa shape index (κ3) is 3.54. The van der Waals surface area contributed by atoms with Gasteiger partial charge >= 0.3 is 0 Å². The molecule has 0 saturated heterocycles. The van der Waals surface area contributed by atoms with Crippen LogP contribution in [0.5, 0.6) is 0 Å². The molecule has 0 aliphatic carbocycles. The van der Waals surface area contributed by atoms with Crippen molar-refractivity contribution in [3.8, 4) is 0 Å². The van der Waals surface area contributed by atoms with Crippen molar-refractivity contribution in [3.05, 3.63) is 64.2 Å². The predicted octanol–water partition coefficient (Wildman–Crippen LogP) is 3.44. The highest BCUT2D eigenvalue weighted by atomic mass is 16.1. The number of aryl methyl sites for hydroxylation is 1. The van der Waals surface area contributed by atoms with Crippen molar-refractivity contribution in [2.45, 2.75) is 33.4 Å². The molecule has 0 radical (unpaired) electrons. The molecule has 4 rings (SSSR count). The van der Waals surface area contributed by atoms with E-state index < -0.39 is 0 Å². The van der Waals surface area contributed by atoms with Gasteiger partial charge in [-0.1, -0.05) is 0 Å². The minimum Gasteiger partial charge on any atom is -0.335 e. The van der Waals surface area contributed by atoms with E-state index in [9.17, 15) is 4.79 Å². The Morgan fingerprint density at radius 1 is 1.21 bits per heavy atom. The maximum atomic E-state index is 12.6. The second-order valence-electron chi connectivity index (χ2n) is 7.05. The number of hydrazine groups is 1. The molecule has 28 heavy (non-hydrogen) atoms. The van der Waals surface area contributed by atoms with Crippen LogP contribution >= 0.6 is 0 Å². The molecule has 8 heteroatoms. The monoisotopic (exact) mass is 377 g/mol. The third-order valence-electron chi connectivity index (χ3n) is 4.62. The summed E-state index contributed by atoms with van der Waals surface area (Å²) in [6, 6.07) is 9.72. The van der Waals surface area contributed by atoms with E-state index in [4.69, 9.17) is 0 Å². The Labute approximate surface area is 163 Å². The highest BCUT2D eigenvalue weighted by molar-refractivity contribution is 5.65. The van der Waals surface area contributed by atoms with Gasteiger partial charge in [0.25, 0.3) is 5.56 Å². The summed E-state index contributed by atoms with van der Waals surface area (Å²) in [6.07, 6.45) is 3.52. The van der Waals surface area contributed by atoms with E-state index in [0.29, 0.717) is 17.5 Å². The van der Waals surface area contributed by atoms with Gasteiger partial charge in [-0.15, -0.1) is 0 Å². The van der Waals surface area contributed by atoms with E-state index in [-0.39, 0.29) is 11.6 Å². The average molecular weight is 377 g/mol. The van der Waals surface area contributed by atoms with Gasteiger partial charge in [-0.05, 0) is 56.7 Å². The summed E-state index contributed by atoms with van der Waals surface area (Å²) < 4.78 is 1.69. The van der Waals surface area contributed by atoms with Crippen LogP contribution in [0.3, 0.4) is 0 Å². The second-order valence-corrected chi connectivity index (χ2v) is 7.05. The molecule has 4 N–H and O–H groups in total. The standard InChI is InChI=1S/C20H23N7O/c1-12(2)27-8-4-5-17(19(27)28)24-18-13(3)10-21-20(25-18)23-15-6-7-16-14(9-15)11-22-26-16/h4-10,12,22,26H,11H2,1-3H3,(H2,21,23,24,25). The molecular weight excluding hydrogens is 354 g/mol. The molecule has 3 heterocycles. The van der Waals surface area contributed by atoms with E-state index in [0.717, 1.165) is 23.5 Å². The zero-order valence-electron chi connectivity index (χ0n) is 16.1. The molecule has 3 aromatic rings. The lowest BCUT2D eigenvalue weighted by molar-refractivity contribution is 0.580. The molecule has 0 fully saturated rings. The number of nitrogens with one attached hydrogen (secondary N) is 4. The largest absolute Gasteiger partial charge is 0.335 e. The van der Waals surface area contributed by atoms with Crippen molar-refractivity contribution >= 4 is 28.8 Å². The molecule has 144 valence electrons. The maximum Gasteiger partial charge on any atom is 0.274 e. The van der Waals surface area contributed by atoms with Crippen LogP contribution in [-0.2, 0) is 6.54 Å². The number of benzene rings is 1. The smallest absolute Gasteiger partial charge is 0.274 e. The Morgan fingerprint density at radius 3 is 2.89 bits per heavy atom. The lowest BCUT2D eigenvalue weighted by Gasteiger charge is -2.14. The topological polar surface area (TPSA) is 95.9 Å². The number of fused-ring (bicyclic) bond motifs is 1. The summed E-state index contributed by atoms with van der Waals surface area (Å²) in [5.74, 6) is 1.06. The molecule has 0 bridgehead atoms. The normalized spacial score (nSPS) is 12.6. The first kappa shape index (κ1) is 18.0. The molecule has 0 atom stereocenters. The second kappa shape index (κ2) is 7.32. The summed E-state index contributed by atoms with van der Waals surface area (Å²) in [6.45, 7) is 6.63. The lowest BCUT2D eigenvalue weighted by atomic mass is 10.2. The molecule has 1 aromatic carbocycles. The van der Waals surface area contributed by atoms with Crippen molar-refractivity contribution in [2.75, 3.05) is 16.1 Å². The maximum absolute atomic E-state index is 12.6. The van der Waals surface area contributed by atoms with Crippen molar-refractivity contribution in [3.63, 3.8) is 0 Å². The first-order valence-corrected chi connectivity index (χ1v) is 9.22.